The van der Waals surface area contributed by atoms with Crippen LogP contribution in [0.3, 0.4) is 0 Å². The molecule has 1 rings (SSSR count). The van der Waals surface area contributed by atoms with E-state index >= 15 is 0 Å². The van der Waals surface area contributed by atoms with E-state index < -0.39 is 0 Å². The van der Waals surface area contributed by atoms with Crippen molar-refractivity contribution in [2.75, 3.05) is 23.9 Å². The quantitative estimate of drug-likeness (QED) is 0.717. The van der Waals surface area contributed by atoms with Gasteiger partial charge in [0.2, 0.25) is 5.95 Å². The summed E-state index contributed by atoms with van der Waals surface area (Å²) in [7, 11) is 0. The van der Waals surface area contributed by atoms with Gasteiger partial charge in [0, 0.05) is 30.4 Å². The van der Waals surface area contributed by atoms with Crippen LogP contribution in [0.15, 0.2) is 6.07 Å². The second kappa shape index (κ2) is 6.69. The molecule has 16 heavy (non-hydrogen) atoms. The SMILES string of the molecule is CCCCN(CCCl)c1nc(C)cc(C)n1. The van der Waals surface area contributed by atoms with E-state index in [1.165, 1.54) is 6.42 Å². The molecule has 1 aromatic heterocycles. The molecule has 4 heteroatoms. The highest BCUT2D eigenvalue weighted by Gasteiger charge is 2.09. The second-order valence-corrected chi connectivity index (χ2v) is 4.36. The smallest absolute Gasteiger partial charge is 0.225 e. The maximum absolute atomic E-state index is 5.81. The van der Waals surface area contributed by atoms with Crippen molar-refractivity contribution in [1.29, 1.82) is 0 Å². The van der Waals surface area contributed by atoms with Crippen LogP contribution >= 0.6 is 11.6 Å². The van der Waals surface area contributed by atoms with Crippen LogP contribution in [-0.4, -0.2) is 28.9 Å². The summed E-state index contributed by atoms with van der Waals surface area (Å²) >= 11 is 5.81. The zero-order valence-corrected chi connectivity index (χ0v) is 11.1. The molecule has 0 aromatic carbocycles. The number of aryl methyl sites for hydroxylation is 2. The van der Waals surface area contributed by atoms with Crippen LogP contribution in [-0.2, 0) is 0 Å². The maximum Gasteiger partial charge on any atom is 0.225 e. The molecule has 1 aromatic rings. The molecule has 0 aliphatic carbocycles. The van der Waals surface area contributed by atoms with Gasteiger partial charge in [-0.25, -0.2) is 9.97 Å². The maximum atomic E-state index is 5.81. The van der Waals surface area contributed by atoms with Gasteiger partial charge in [-0.05, 0) is 26.3 Å². The first kappa shape index (κ1) is 13.2. The van der Waals surface area contributed by atoms with E-state index in [0.717, 1.165) is 36.8 Å². The fourth-order valence-electron chi connectivity index (χ4n) is 1.61. The van der Waals surface area contributed by atoms with Crippen molar-refractivity contribution in [3.05, 3.63) is 17.5 Å². The van der Waals surface area contributed by atoms with E-state index in [0.29, 0.717) is 5.88 Å². The molecule has 0 amide bonds. The molecule has 0 fully saturated rings. The molecule has 0 spiro atoms. The van der Waals surface area contributed by atoms with Crippen LogP contribution in [0, 0.1) is 13.8 Å². The minimum atomic E-state index is 0.611. The molecule has 0 saturated heterocycles. The van der Waals surface area contributed by atoms with Gasteiger partial charge in [-0.15, -0.1) is 11.6 Å². The van der Waals surface area contributed by atoms with Crippen molar-refractivity contribution in [2.45, 2.75) is 33.6 Å². The normalized spacial score (nSPS) is 10.5. The largest absolute Gasteiger partial charge is 0.340 e. The van der Waals surface area contributed by atoms with E-state index in [2.05, 4.69) is 21.8 Å². The molecule has 1 heterocycles. The van der Waals surface area contributed by atoms with E-state index in [1.807, 2.05) is 19.9 Å². The Labute approximate surface area is 103 Å². The average molecular weight is 242 g/mol. The van der Waals surface area contributed by atoms with Gasteiger partial charge in [-0.2, -0.15) is 0 Å². The number of nitrogens with zero attached hydrogens (tertiary/aromatic N) is 3. The Hall–Kier alpha value is -0.830. The number of unbranched alkanes of at least 4 members (excludes halogenated alkanes) is 1. The third kappa shape index (κ3) is 3.97. The summed E-state index contributed by atoms with van der Waals surface area (Å²) in [6.45, 7) is 7.96. The van der Waals surface area contributed by atoms with Crippen molar-refractivity contribution in [1.82, 2.24) is 9.97 Å². The summed E-state index contributed by atoms with van der Waals surface area (Å²) in [5.74, 6) is 1.42. The fraction of sp³-hybridized carbons (Fsp3) is 0.667. The van der Waals surface area contributed by atoms with Crippen LogP contribution < -0.4 is 4.90 Å². The summed E-state index contributed by atoms with van der Waals surface area (Å²) in [6.07, 6.45) is 2.32. The topological polar surface area (TPSA) is 29.0 Å². The van der Waals surface area contributed by atoms with Crippen LogP contribution in [0.2, 0.25) is 0 Å². The molecule has 0 aliphatic heterocycles. The zero-order valence-electron chi connectivity index (χ0n) is 10.3. The molecule has 0 atom stereocenters. The highest BCUT2D eigenvalue weighted by molar-refractivity contribution is 6.18. The number of hydrogen-bond acceptors (Lipinski definition) is 3. The lowest BCUT2D eigenvalue weighted by Crippen LogP contribution is -2.28. The number of rotatable bonds is 6. The molecule has 0 bridgehead atoms. The van der Waals surface area contributed by atoms with Crippen molar-refractivity contribution in [2.24, 2.45) is 0 Å². The van der Waals surface area contributed by atoms with Crippen molar-refractivity contribution < 1.29 is 0 Å². The first-order valence-corrected chi connectivity index (χ1v) is 6.34. The first-order chi connectivity index (χ1) is 7.67. The molecule has 90 valence electrons. The highest BCUT2D eigenvalue weighted by atomic mass is 35.5. The standard InChI is InChI=1S/C12H20ClN3/c1-4-5-7-16(8-6-13)12-14-10(2)9-11(3)15-12/h9H,4-8H2,1-3H3. The van der Waals surface area contributed by atoms with Gasteiger partial charge < -0.3 is 4.90 Å². The van der Waals surface area contributed by atoms with Gasteiger partial charge >= 0.3 is 0 Å². The summed E-state index contributed by atoms with van der Waals surface area (Å²) in [5.41, 5.74) is 2.03. The van der Waals surface area contributed by atoms with Gasteiger partial charge in [0.25, 0.3) is 0 Å². The summed E-state index contributed by atoms with van der Waals surface area (Å²) in [5, 5.41) is 0. The van der Waals surface area contributed by atoms with Gasteiger partial charge in [0.15, 0.2) is 0 Å². The molecule has 0 N–H and O–H groups in total. The van der Waals surface area contributed by atoms with Gasteiger partial charge in [-0.1, -0.05) is 13.3 Å². The number of aromatic nitrogens is 2. The third-order valence-corrected chi connectivity index (χ3v) is 2.56. The third-order valence-electron chi connectivity index (χ3n) is 2.39. The summed E-state index contributed by atoms with van der Waals surface area (Å²) in [6, 6.07) is 1.99. The fourth-order valence-corrected chi connectivity index (χ4v) is 1.82. The van der Waals surface area contributed by atoms with E-state index in [1.54, 1.807) is 0 Å². The van der Waals surface area contributed by atoms with E-state index in [-0.39, 0.29) is 0 Å². The second-order valence-electron chi connectivity index (χ2n) is 3.98. The minimum Gasteiger partial charge on any atom is -0.340 e. The Morgan fingerprint density at radius 2 is 1.81 bits per heavy atom. The number of anilines is 1. The Morgan fingerprint density at radius 1 is 1.19 bits per heavy atom. The minimum absolute atomic E-state index is 0.611. The molecule has 3 nitrogen and oxygen atoms in total. The molecular weight excluding hydrogens is 222 g/mol. The molecular formula is C12H20ClN3. The lowest BCUT2D eigenvalue weighted by atomic mass is 10.3. The monoisotopic (exact) mass is 241 g/mol. The predicted molar refractivity (Wildman–Crippen MR) is 69.3 cm³/mol. The average Bonchev–Trinajstić information content (AvgIpc) is 2.22. The van der Waals surface area contributed by atoms with Crippen LogP contribution in [0.4, 0.5) is 5.95 Å². The van der Waals surface area contributed by atoms with Gasteiger partial charge in [0.1, 0.15) is 0 Å². The Kier molecular flexibility index (Phi) is 5.53. The summed E-state index contributed by atoms with van der Waals surface area (Å²) < 4.78 is 0. The highest BCUT2D eigenvalue weighted by Crippen LogP contribution is 2.11. The van der Waals surface area contributed by atoms with Crippen molar-refractivity contribution >= 4 is 17.5 Å². The Bertz CT molecular complexity index is 308. The van der Waals surface area contributed by atoms with E-state index in [4.69, 9.17) is 11.6 Å². The van der Waals surface area contributed by atoms with Gasteiger partial charge in [0.05, 0.1) is 0 Å². The lowest BCUT2D eigenvalue weighted by molar-refractivity contribution is 0.712. The van der Waals surface area contributed by atoms with Crippen molar-refractivity contribution in [3.63, 3.8) is 0 Å². The lowest BCUT2D eigenvalue weighted by Gasteiger charge is -2.21. The summed E-state index contributed by atoms with van der Waals surface area (Å²) in [4.78, 5) is 11.1. The molecule has 0 radical (unpaired) electrons. The molecule has 0 saturated carbocycles. The van der Waals surface area contributed by atoms with Crippen molar-refractivity contribution in [3.8, 4) is 0 Å². The van der Waals surface area contributed by atoms with Gasteiger partial charge in [-0.3, -0.25) is 0 Å². The Balaban J connectivity index is 2.82. The predicted octanol–water partition coefficient (Wildman–Crippen LogP) is 2.94. The van der Waals surface area contributed by atoms with Crippen LogP contribution in [0.25, 0.3) is 0 Å². The molecule has 0 aliphatic rings. The van der Waals surface area contributed by atoms with E-state index in [9.17, 15) is 0 Å². The zero-order chi connectivity index (χ0) is 12.0. The van der Waals surface area contributed by atoms with Crippen LogP contribution in [0.1, 0.15) is 31.2 Å². The number of alkyl halides is 1. The number of hydrogen-bond donors (Lipinski definition) is 0. The molecule has 0 unspecified atom stereocenters. The van der Waals surface area contributed by atoms with Crippen LogP contribution in [0.5, 0.6) is 0 Å². The number of halogens is 1. The Morgan fingerprint density at radius 3 is 2.31 bits per heavy atom. The first-order valence-electron chi connectivity index (χ1n) is 5.80.